The van der Waals surface area contributed by atoms with Crippen molar-refractivity contribution in [3.63, 3.8) is 0 Å². The maximum atomic E-state index is 6.21. The largest absolute Gasteiger partial charge is 0.380 e. The Morgan fingerprint density at radius 1 is 1.10 bits per heavy atom. The van der Waals surface area contributed by atoms with Crippen LogP contribution in [0.25, 0.3) is 10.9 Å². The molecule has 0 fully saturated rings. The number of benzene rings is 2. The molecule has 2 aromatic carbocycles. The zero-order chi connectivity index (χ0) is 13.9. The first-order valence-corrected chi connectivity index (χ1v) is 7.71. The monoisotopic (exact) mass is 394 g/mol. The number of aromatic nitrogens is 1. The fraction of sp³-hybridized carbons (Fsp3) is 0.0625. The summed E-state index contributed by atoms with van der Waals surface area (Å²) in [6.07, 6.45) is 1.81. The molecule has 1 heterocycles. The van der Waals surface area contributed by atoms with E-state index in [0.29, 0.717) is 0 Å². The Hall–Kier alpha value is -1.33. The number of halogens is 2. The van der Waals surface area contributed by atoms with Gasteiger partial charge in [0.15, 0.2) is 0 Å². The molecule has 1 aromatic heterocycles. The van der Waals surface area contributed by atoms with Crippen LogP contribution in [0.4, 0.5) is 5.69 Å². The van der Waals surface area contributed by atoms with Crippen LogP contribution in [0.1, 0.15) is 5.56 Å². The quantitative estimate of drug-likeness (QED) is 0.625. The van der Waals surface area contributed by atoms with Crippen LogP contribution in [0, 0.1) is 3.57 Å². The fourth-order valence-electron chi connectivity index (χ4n) is 2.07. The highest BCUT2D eigenvalue weighted by Crippen LogP contribution is 2.24. The molecule has 0 aliphatic rings. The third-order valence-corrected chi connectivity index (χ3v) is 4.07. The van der Waals surface area contributed by atoms with Gasteiger partial charge in [0.25, 0.3) is 0 Å². The lowest BCUT2D eigenvalue weighted by molar-refractivity contribution is 1.15. The number of hydrogen-bond donors (Lipinski definition) is 1. The molecule has 4 heteroatoms. The van der Waals surface area contributed by atoms with E-state index >= 15 is 0 Å². The number of rotatable bonds is 3. The van der Waals surface area contributed by atoms with Gasteiger partial charge in [0.1, 0.15) is 0 Å². The summed E-state index contributed by atoms with van der Waals surface area (Å²) in [4.78, 5) is 4.32. The molecular weight excluding hydrogens is 383 g/mol. The number of hydrogen-bond acceptors (Lipinski definition) is 2. The summed E-state index contributed by atoms with van der Waals surface area (Å²) < 4.78 is 1.13. The van der Waals surface area contributed by atoms with E-state index in [1.165, 1.54) is 5.56 Å². The van der Waals surface area contributed by atoms with Gasteiger partial charge in [0, 0.05) is 21.7 Å². The van der Waals surface area contributed by atoms with Gasteiger partial charge < -0.3 is 5.32 Å². The van der Waals surface area contributed by atoms with Crippen LogP contribution in [0.3, 0.4) is 0 Å². The van der Waals surface area contributed by atoms with Crippen molar-refractivity contribution >= 4 is 50.8 Å². The Morgan fingerprint density at radius 3 is 2.85 bits per heavy atom. The molecule has 0 bridgehead atoms. The average Bonchev–Trinajstić information content (AvgIpc) is 2.46. The van der Waals surface area contributed by atoms with E-state index in [-0.39, 0.29) is 0 Å². The maximum Gasteiger partial charge on any atom is 0.0702 e. The minimum absolute atomic E-state index is 0.741. The molecule has 3 rings (SSSR count). The van der Waals surface area contributed by atoms with E-state index < -0.39 is 0 Å². The molecule has 0 saturated carbocycles. The highest BCUT2D eigenvalue weighted by Gasteiger charge is 2.01. The van der Waals surface area contributed by atoms with Gasteiger partial charge in [-0.3, -0.25) is 4.98 Å². The van der Waals surface area contributed by atoms with E-state index in [9.17, 15) is 0 Å². The van der Waals surface area contributed by atoms with Gasteiger partial charge in [-0.25, -0.2) is 0 Å². The van der Waals surface area contributed by atoms with Gasteiger partial charge >= 0.3 is 0 Å². The van der Waals surface area contributed by atoms with Crippen molar-refractivity contribution in [3.05, 3.63) is 68.9 Å². The standard InChI is InChI=1S/C16H12ClIN2/c17-14-9-13(18)4-6-16(14)20-10-11-3-5-15-12(8-11)2-1-7-19-15/h1-9,20H,10H2. The molecule has 100 valence electrons. The van der Waals surface area contributed by atoms with Crippen LogP contribution in [-0.2, 0) is 6.54 Å². The number of nitrogens with zero attached hydrogens (tertiary/aromatic N) is 1. The van der Waals surface area contributed by atoms with Gasteiger partial charge in [-0.1, -0.05) is 23.7 Å². The van der Waals surface area contributed by atoms with E-state index in [2.05, 4.69) is 51.1 Å². The summed E-state index contributed by atoms with van der Waals surface area (Å²) in [5.41, 5.74) is 3.18. The van der Waals surface area contributed by atoms with E-state index in [1.54, 1.807) is 0 Å². The van der Waals surface area contributed by atoms with Crippen LogP contribution in [-0.4, -0.2) is 4.98 Å². The summed E-state index contributed by atoms with van der Waals surface area (Å²) in [5, 5.41) is 5.27. The Kier molecular flexibility index (Phi) is 4.08. The van der Waals surface area contributed by atoms with Gasteiger partial charge in [-0.15, -0.1) is 0 Å². The molecule has 3 aromatic rings. The Labute approximate surface area is 136 Å². The maximum absolute atomic E-state index is 6.21. The lowest BCUT2D eigenvalue weighted by Gasteiger charge is -2.09. The summed E-state index contributed by atoms with van der Waals surface area (Å²) in [6.45, 7) is 0.741. The van der Waals surface area contributed by atoms with Crippen molar-refractivity contribution in [1.82, 2.24) is 4.98 Å². The fourth-order valence-corrected chi connectivity index (χ4v) is 2.99. The molecule has 0 saturated heterocycles. The van der Waals surface area contributed by atoms with Crippen molar-refractivity contribution in [2.24, 2.45) is 0 Å². The van der Waals surface area contributed by atoms with Crippen molar-refractivity contribution in [2.45, 2.75) is 6.54 Å². The first-order valence-electron chi connectivity index (χ1n) is 6.25. The van der Waals surface area contributed by atoms with E-state index in [0.717, 1.165) is 31.7 Å². The molecule has 0 aliphatic heterocycles. The second-order valence-electron chi connectivity index (χ2n) is 4.51. The third-order valence-electron chi connectivity index (χ3n) is 3.08. The Bertz CT molecular complexity index is 758. The summed E-state index contributed by atoms with van der Waals surface area (Å²) in [7, 11) is 0. The van der Waals surface area contributed by atoms with Crippen molar-refractivity contribution < 1.29 is 0 Å². The molecule has 0 amide bonds. The predicted molar refractivity (Wildman–Crippen MR) is 93.2 cm³/mol. The highest BCUT2D eigenvalue weighted by atomic mass is 127. The van der Waals surface area contributed by atoms with Crippen LogP contribution < -0.4 is 5.32 Å². The second kappa shape index (κ2) is 5.97. The average molecular weight is 395 g/mol. The predicted octanol–water partition coefficient (Wildman–Crippen LogP) is 5.10. The lowest BCUT2D eigenvalue weighted by atomic mass is 10.1. The van der Waals surface area contributed by atoms with Crippen molar-refractivity contribution in [1.29, 1.82) is 0 Å². The number of anilines is 1. The molecule has 0 atom stereocenters. The molecule has 0 aliphatic carbocycles. The van der Waals surface area contributed by atoms with Gasteiger partial charge in [0.05, 0.1) is 16.2 Å². The molecule has 0 unspecified atom stereocenters. The van der Waals surface area contributed by atoms with Gasteiger partial charge in [-0.05, 0) is 64.6 Å². The highest BCUT2D eigenvalue weighted by molar-refractivity contribution is 14.1. The molecule has 0 radical (unpaired) electrons. The molecule has 0 spiro atoms. The molecule has 20 heavy (non-hydrogen) atoms. The summed E-state index contributed by atoms with van der Waals surface area (Å²) in [5.74, 6) is 0. The summed E-state index contributed by atoms with van der Waals surface area (Å²) in [6, 6.07) is 16.3. The van der Waals surface area contributed by atoms with Crippen LogP contribution in [0.2, 0.25) is 5.02 Å². The zero-order valence-electron chi connectivity index (χ0n) is 10.6. The Morgan fingerprint density at radius 2 is 2.00 bits per heavy atom. The number of fused-ring (bicyclic) bond motifs is 1. The lowest BCUT2D eigenvalue weighted by Crippen LogP contribution is -2.00. The minimum Gasteiger partial charge on any atom is -0.380 e. The topological polar surface area (TPSA) is 24.9 Å². The minimum atomic E-state index is 0.741. The van der Waals surface area contributed by atoms with Crippen LogP contribution in [0.15, 0.2) is 54.7 Å². The smallest absolute Gasteiger partial charge is 0.0702 e. The molecule has 2 nitrogen and oxygen atoms in total. The first-order chi connectivity index (χ1) is 9.72. The number of pyridine rings is 1. The second-order valence-corrected chi connectivity index (χ2v) is 6.16. The van der Waals surface area contributed by atoms with Crippen molar-refractivity contribution in [3.8, 4) is 0 Å². The molecular formula is C16H12ClIN2. The van der Waals surface area contributed by atoms with Gasteiger partial charge in [0.2, 0.25) is 0 Å². The van der Waals surface area contributed by atoms with Gasteiger partial charge in [-0.2, -0.15) is 0 Å². The molecule has 1 N–H and O–H groups in total. The number of nitrogens with one attached hydrogen (secondary N) is 1. The first kappa shape index (κ1) is 13.6. The summed E-state index contributed by atoms with van der Waals surface area (Å²) >= 11 is 8.47. The van der Waals surface area contributed by atoms with Crippen LogP contribution in [0.5, 0.6) is 0 Å². The Balaban J connectivity index is 1.79. The SMILES string of the molecule is Clc1cc(I)ccc1NCc1ccc2ncccc2c1. The van der Waals surface area contributed by atoms with E-state index in [1.807, 2.05) is 36.5 Å². The zero-order valence-corrected chi connectivity index (χ0v) is 13.5. The third kappa shape index (κ3) is 3.04. The van der Waals surface area contributed by atoms with E-state index in [4.69, 9.17) is 11.6 Å². The van der Waals surface area contributed by atoms with Crippen LogP contribution >= 0.6 is 34.2 Å². The van der Waals surface area contributed by atoms with Crippen molar-refractivity contribution in [2.75, 3.05) is 5.32 Å². The normalized spacial score (nSPS) is 10.7.